The Bertz CT molecular complexity index is 444. The summed E-state index contributed by atoms with van der Waals surface area (Å²) < 4.78 is 40.7. The molecule has 2 atom stereocenters. The van der Waals surface area contributed by atoms with Crippen molar-refractivity contribution < 1.29 is 27.5 Å². The van der Waals surface area contributed by atoms with E-state index in [1.54, 1.807) is 0 Å². The van der Waals surface area contributed by atoms with E-state index < -0.39 is 23.8 Å². The fraction of sp³-hybridized carbons (Fsp3) is 0.833. The van der Waals surface area contributed by atoms with Gasteiger partial charge in [-0.3, -0.25) is 10.5 Å². The van der Waals surface area contributed by atoms with Gasteiger partial charge in [0.1, 0.15) is 0 Å². The summed E-state index contributed by atoms with van der Waals surface area (Å²) in [6.45, 7) is 3.25. The molecule has 0 aromatic rings. The number of rotatable bonds is 2. The smallest absolute Gasteiger partial charge is 0.428 e. The third kappa shape index (κ3) is 2.74. The number of carbonyl (C=O) groups is 2. The predicted octanol–water partition coefficient (Wildman–Crippen LogP) is 1.17. The minimum absolute atomic E-state index is 0.0964. The zero-order valence-corrected chi connectivity index (χ0v) is 11.3. The third-order valence-electron chi connectivity index (χ3n) is 3.95. The average molecular weight is 294 g/mol. The van der Waals surface area contributed by atoms with Crippen molar-refractivity contribution in [3.8, 4) is 0 Å². The highest BCUT2D eigenvalue weighted by molar-refractivity contribution is 5.88. The molecule has 0 radical (unpaired) electrons. The van der Waals surface area contributed by atoms with Crippen LogP contribution in [0, 0.1) is 5.41 Å². The molecule has 114 valence electrons. The number of nitrogens with zero attached hydrogens (tertiary/aromatic N) is 1. The quantitative estimate of drug-likeness (QED) is 0.613. The second-order valence-corrected chi connectivity index (χ2v) is 5.98. The first kappa shape index (κ1) is 15.1. The van der Waals surface area contributed by atoms with Crippen LogP contribution in [0.25, 0.3) is 0 Å². The summed E-state index contributed by atoms with van der Waals surface area (Å²) in [5, 5.41) is 0. The Morgan fingerprint density at radius 1 is 1.35 bits per heavy atom. The topological polar surface area (TPSA) is 72.6 Å². The van der Waals surface area contributed by atoms with Crippen molar-refractivity contribution in [2.75, 3.05) is 6.54 Å². The Balaban J connectivity index is 2.05. The van der Waals surface area contributed by atoms with Crippen molar-refractivity contribution in [3.63, 3.8) is 0 Å². The van der Waals surface area contributed by atoms with Crippen LogP contribution >= 0.6 is 0 Å². The molecule has 0 bridgehead atoms. The van der Waals surface area contributed by atoms with Crippen LogP contribution in [0.1, 0.15) is 33.1 Å². The average Bonchev–Trinajstić information content (AvgIpc) is 2.93. The number of amides is 1. The molecule has 2 N–H and O–H groups in total. The molecule has 20 heavy (non-hydrogen) atoms. The molecule has 1 spiro atoms. The second-order valence-electron chi connectivity index (χ2n) is 5.98. The molecule has 1 amide bonds. The highest BCUT2D eigenvalue weighted by Gasteiger charge is 2.55. The fourth-order valence-electron chi connectivity index (χ4n) is 2.71. The van der Waals surface area contributed by atoms with Crippen LogP contribution in [0.15, 0.2) is 0 Å². The zero-order valence-electron chi connectivity index (χ0n) is 11.3. The van der Waals surface area contributed by atoms with Crippen LogP contribution in [-0.2, 0) is 14.3 Å². The first-order chi connectivity index (χ1) is 8.97. The number of likely N-dealkylation sites (tertiary alicyclic amines) is 1. The minimum Gasteiger partial charge on any atom is -0.428 e. The number of halogens is 3. The van der Waals surface area contributed by atoms with Gasteiger partial charge in [0.15, 0.2) is 0 Å². The maximum absolute atomic E-state index is 12.2. The summed E-state index contributed by atoms with van der Waals surface area (Å²) in [6, 6.07) is -0.113. The predicted molar refractivity (Wildman–Crippen MR) is 62.2 cm³/mol. The molecule has 1 aliphatic carbocycles. The SMILES string of the molecule is C[C@H]1CC2(CC2)CN1C(=O)[C@](C)(N)OC(=O)C(F)(F)F. The maximum Gasteiger partial charge on any atom is 0.491 e. The fourth-order valence-corrected chi connectivity index (χ4v) is 2.71. The van der Waals surface area contributed by atoms with Crippen LogP contribution < -0.4 is 5.73 Å². The number of carbonyl (C=O) groups excluding carboxylic acids is 2. The highest BCUT2D eigenvalue weighted by Crippen LogP contribution is 2.54. The molecule has 2 rings (SSSR count). The molecule has 1 heterocycles. The van der Waals surface area contributed by atoms with Crippen LogP contribution in [0.4, 0.5) is 13.2 Å². The van der Waals surface area contributed by atoms with Gasteiger partial charge in [-0.1, -0.05) is 0 Å². The Labute approximate surface area is 114 Å². The van der Waals surface area contributed by atoms with Crippen molar-refractivity contribution >= 4 is 11.9 Å². The van der Waals surface area contributed by atoms with Crippen LogP contribution in [0.3, 0.4) is 0 Å². The lowest BCUT2D eigenvalue weighted by atomic mass is 10.0. The van der Waals surface area contributed by atoms with Gasteiger partial charge in [-0.2, -0.15) is 13.2 Å². The summed E-state index contributed by atoms with van der Waals surface area (Å²) >= 11 is 0. The lowest BCUT2D eigenvalue weighted by Crippen LogP contribution is -2.58. The van der Waals surface area contributed by atoms with Gasteiger partial charge in [-0.15, -0.1) is 0 Å². The number of hydrogen-bond donors (Lipinski definition) is 1. The Morgan fingerprint density at radius 2 is 1.90 bits per heavy atom. The molecule has 8 heteroatoms. The summed E-state index contributed by atoms with van der Waals surface area (Å²) in [6.07, 6.45) is -2.35. The van der Waals surface area contributed by atoms with Crippen LogP contribution in [0.2, 0.25) is 0 Å². The zero-order chi connectivity index (χ0) is 15.3. The van der Waals surface area contributed by atoms with Crippen LogP contribution in [0.5, 0.6) is 0 Å². The van der Waals surface area contributed by atoms with Crippen molar-refractivity contribution in [1.29, 1.82) is 0 Å². The molecular formula is C12H17F3N2O3. The molecule has 5 nitrogen and oxygen atoms in total. The summed E-state index contributed by atoms with van der Waals surface area (Å²) in [7, 11) is 0. The van der Waals surface area contributed by atoms with E-state index in [0.717, 1.165) is 26.2 Å². The van der Waals surface area contributed by atoms with Gasteiger partial charge in [-0.05, 0) is 38.5 Å². The molecule has 0 aromatic carbocycles. The van der Waals surface area contributed by atoms with Gasteiger partial charge >= 0.3 is 12.1 Å². The Morgan fingerprint density at radius 3 is 2.30 bits per heavy atom. The first-order valence-corrected chi connectivity index (χ1v) is 6.37. The first-order valence-electron chi connectivity index (χ1n) is 6.37. The van der Waals surface area contributed by atoms with Crippen molar-refractivity contribution in [2.45, 2.75) is 51.1 Å². The number of hydrogen-bond acceptors (Lipinski definition) is 4. The van der Waals surface area contributed by atoms with E-state index in [2.05, 4.69) is 4.74 Å². The summed E-state index contributed by atoms with van der Waals surface area (Å²) in [5.74, 6) is -3.24. The highest BCUT2D eigenvalue weighted by atomic mass is 19.4. The van der Waals surface area contributed by atoms with E-state index in [4.69, 9.17) is 5.73 Å². The number of esters is 1. The van der Waals surface area contributed by atoms with E-state index in [-0.39, 0.29) is 11.5 Å². The van der Waals surface area contributed by atoms with Crippen LogP contribution in [-0.4, -0.2) is 41.3 Å². The van der Waals surface area contributed by atoms with Gasteiger partial charge in [0.05, 0.1) is 0 Å². The van der Waals surface area contributed by atoms with Crippen molar-refractivity contribution in [3.05, 3.63) is 0 Å². The van der Waals surface area contributed by atoms with Gasteiger partial charge in [-0.25, -0.2) is 4.79 Å². The Kier molecular flexibility index (Phi) is 3.27. The molecule has 2 aliphatic rings. The van der Waals surface area contributed by atoms with Gasteiger partial charge in [0, 0.05) is 12.6 Å². The molecule has 0 unspecified atom stereocenters. The second kappa shape index (κ2) is 4.34. The van der Waals surface area contributed by atoms with Gasteiger partial charge in [0.25, 0.3) is 5.91 Å². The monoisotopic (exact) mass is 294 g/mol. The van der Waals surface area contributed by atoms with E-state index in [0.29, 0.717) is 6.54 Å². The number of alkyl halides is 3. The van der Waals surface area contributed by atoms with Gasteiger partial charge in [0.2, 0.25) is 5.72 Å². The lowest BCUT2D eigenvalue weighted by molar-refractivity contribution is -0.214. The normalized spacial score (nSPS) is 27.3. The van der Waals surface area contributed by atoms with E-state index in [1.165, 1.54) is 4.90 Å². The maximum atomic E-state index is 12.2. The third-order valence-corrected chi connectivity index (χ3v) is 3.95. The summed E-state index contributed by atoms with van der Waals surface area (Å²) in [5.41, 5.74) is 3.27. The minimum atomic E-state index is -5.17. The Hall–Kier alpha value is -1.31. The largest absolute Gasteiger partial charge is 0.491 e. The molecular weight excluding hydrogens is 277 g/mol. The molecule has 1 saturated heterocycles. The number of nitrogens with two attached hydrogens (primary N) is 1. The molecule has 2 fully saturated rings. The molecule has 1 aliphatic heterocycles. The van der Waals surface area contributed by atoms with E-state index in [9.17, 15) is 22.8 Å². The lowest BCUT2D eigenvalue weighted by Gasteiger charge is -2.31. The number of ether oxygens (including phenoxy) is 1. The summed E-state index contributed by atoms with van der Waals surface area (Å²) in [4.78, 5) is 24.4. The van der Waals surface area contributed by atoms with E-state index in [1.807, 2.05) is 6.92 Å². The van der Waals surface area contributed by atoms with Crippen molar-refractivity contribution in [2.24, 2.45) is 11.1 Å². The standard InChI is InChI=1S/C12H17F3N2O3/c1-7-5-11(3-4-11)6-17(7)8(18)10(2,16)20-9(19)12(13,14)15/h7H,3-6,16H2,1-2H3/t7-,10+/m0/s1. The van der Waals surface area contributed by atoms with Gasteiger partial charge < -0.3 is 9.64 Å². The van der Waals surface area contributed by atoms with E-state index >= 15 is 0 Å². The molecule has 0 aromatic heterocycles. The van der Waals surface area contributed by atoms with Crippen molar-refractivity contribution in [1.82, 2.24) is 4.90 Å². The molecule has 1 saturated carbocycles.